The van der Waals surface area contributed by atoms with Crippen molar-refractivity contribution in [3.05, 3.63) is 242 Å². The summed E-state index contributed by atoms with van der Waals surface area (Å²) in [6.45, 7) is 0.483. The Morgan fingerprint density at radius 2 is 0.597 bits per heavy atom. The molecule has 0 spiro atoms. The van der Waals surface area contributed by atoms with E-state index in [1.165, 1.54) is 0 Å². The molecule has 11 aromatic rings. The first kappa shape index (κ1) is 44.7. The van der Waals surface area contributed by atoms with E-state index in [1.54, 1.807) is 49.1 Å². The molecule has 0 aliphatic carbocycles. The summed E-state index contributed by atoms with van der Waals surface area (Å²) >= 11 is 0. The highest BCUT2D eigenvalue weighted by Crippen LogP contribution is 2.37. The van der Waals surface area contributed by atoms with Crippen LogP contribution in [0.25, 0.3) is 90.1 Å². The van der Waals surface area contributed by atoms with Crippen LogP contribution in [-0.4, -0.2) is 40.1 Å². The molecule has 6 heterocycles. The van der Waals surface area contributed by atoms with Crippen LogP contribution in [0.1, 0.15) is 11.1 Å². The predicted molar refractivity (Wildman–Crippen MR) is 282 cm³/mol. The molecule has 0 fully saturated rings. The molecule has 72 heavy (non-hydrogen) atoms. The van der Waals surface area contributed by atoms with Gasteiger partial charge in [-0.15, -0.1) is 0 Å². The minimum atomic E-state index is 0.172. The van der Waals surface area contributed by atoms with Gasteiger partial charge >= 0.3 is 0 Å². The summed E-state index contributed by atoms with van der Waals surface area (Å²) in [6, 6.07) is 66.0. The monoisotopic (exact) mass is 936 g/mol. The molecule has 0 aliphatic rings. The van der Waals surface area contributed by atoms with Gasteiger partial charge in [-0.1, -0.05) is 72.8 Å². The van der Waals surface area contributed by atoms with Crippen molar-refractivity contribution < 1.29 is 19.7 Å². The van der Waals surface area contributed by atoms with Crippen LogP contribution in [-0.2, 0) is 13.2 Å². The molecule has 10 heteroatoms. The maximum absolute atomic E-state index is 10.3. The lowest BCUT2D eigenvalue weighted by molar-refractivity contribution is 0.303. The Balaban J connectivity index is 0.887. The number of aromatic hydroxyl groups is 2. The molecule has 0 aliphatic heterocycles. The van der Waals surface area contributed by atoms with Crippen LogP contribution < -0.4 is 9.47 Å². The molecule has 0 saturated carbocycles. The predicted octanol–water partition coefficient (Wildman–Crippen LogP) is 14.0. The first-order chi connectivity index (χ1) is 35.5. The molecule has 0 bridgehead atoms. The maximum Gasteiger partial charge on any atom is 0.119 e. The van der Waals surface area contributed by atoms with Crippen LogP contribution >= 0.6 is 0 Å². The van der Waals surface area contributed by atoms with Crippen molar-refractivity contribution in [2.24, 2.45) is 0 Å². The third-order valence-electron chi connectivity index (χ3n) is 12.2. The third-order valence-corrected chi connectivity index (χ3v) is 12.2. The molecule has 5 aromatic carbocycles. The van der Waals surface area contributed by atoms with Gasteiger partial charge < -0.3 is 19.7 Å². The fraction of sp³-hybridized carbons (Fsp3) is 0.0323. The summed E-state index contributed by atoms with van der Waals surface area (Å²) in [4.78, 5) is 28.1. The Morgan fingerprint density at radius 3 is 0.889 bits per heavy atom. The number of hydrogen-bond donors (Lipinski definition) is 2. The second kappa shape index (κ2) is 20.4. The smallest absolute Gasteiger partial charge is 0.119 e. The van der Waals surface area contributed by atoms with E-state index in [2.05, 4.69) is 32.1 Å². The summed E-state index contributed by atoms with van der Waals surface area (Å²) in [5, 5.41) is 20.6. The van der Waals surface area contributed by atoms with E-state index in [4.69, 9.17) is 19.4 Å². The lowest BCUT2D eigenvalue weighted by Crippen LogP contribution is -2.04. The second-order valence-corrected chi connectivity index (χ2v) is 17.0. The van der Waals surface area contributed by atoms with Gasteiger partial charge in [-0.25, -0.2) is 9.97 Å². The number of phenols is 2. The molecule has 6 aromatic heterocycles. The summed E-state index contributed by atoms with van der Waals surface area (Å²) in [5.74, 6) is 1.72. The zero-order valence-corrected chi connectivity index (χ0v) is 38.7. The SMILES string of the molecule is Oc1ccc(-c2cc(COc3ccc(-c4cc(-c5ccccn5)nc(-c5ccccn5)c4)cc3)c(-c3ccc(O)cc3)cc2COc2ccc(-c3cc(-c4ccccn4)nc(-c4ccccn4)c3)cc2)cc1. The molecule has 346 valence electrons. The highest BCUT2D eigenvalue weighted by Gasteiger charge is 2.17. The number of phenolic OH excluding ortho intramolecular Hbond substituents is 2. The highest BCUT2D eigenvalue weighted by atomic mass is 16.5. The van der Waals surface area contributed by atoms with Crippen LogP contribution in [0.15, 0.2) is 231 Å². The summed E-state index contributed by atoms with van der Waals surface area (Å²) in [7, 11) is 0. The first-order valence-corrected chi connectivity index (χ1v) is 23.4. The van der Waals surface area contributed by atoms with Crippen molar-refractivity contribution in [3.63, 3.8) is 0 Å². The lowest BCUT2D eigenvalue weighted by atomic mass is 9.91. The molecule has 10 nitrogen and oxygen atoms in total. The first-order valence-electron chi connectivity index (χ1n) is 23.4. The van der Waals surface area contributed by atoms with Crippen molar-refractivity contribution in [2.75, 3.05) is 0 Å². The quantitative estimate of drug-likeness (QED) is 0.108. The average Bonchev–Trinajstić information content (AvgIpc) is 3.45. The minimum absolute atomic E-state index is 0.172. The summed E-state index contributed by atoms with van der Waals surface area (Å²) in [5.41, 5.74) is 15.5. The third kappa shape index (κ3) is 10.1. The molecule has 11 rings (SSSR count). The molecule has 0 unspecified atom stereocenters. The largest absolute Gasteiger partial charge is 0.508 e. The van der Waals surface area contributed by atoms with E-state index in [-0.39, 0.29) is 24.7 Å². The number of aromatic nitrogens is 6. The number of nitrogens with zero attached hydrogens (tertiary/aromatic N) is 6. The molecular weight excluding hydrogens is 893 g/mol. The Kier molecular flexibility index (Phi) is 12.7. The number of ether oxygens (including phenoxy) is 2. The van der Waals surface area contributed by atoms with E-state index in [0.717, 1.165) is 101 Å². The zero-order chi connectivity index (χ0) is 48.6. The zero-order valence-electron chi connectivity index (χ0n) is 38.7. The van der Waals surface area contributed by atoms with E-state index >= 15 is 0 Å². The average molecular weight is 937 g/mol. The van der Waals surface area contributed by atoms with Crippen molar-refractivity contribution >= 4 is 0 Å². The molecule has 0 radical (unpaired) electrons. The van der Waals surface area contributed by atoms with Gasteiger partial charge in [0.25, 0.3) is 0 Å². The van der Waals surface area contributed by atoms with Gasteiger partial charge in [0.1, 0.15) is 36.2 Å². The Morgan fingerprint density at radius 1 is 0.292 bits per heavy atom. The van der Waals surface area contributed by atoms with Crippen molar-refractivity contribution in [1.82, 2.24) is 29.9 Å². The van der Waals surface area contributed by atoms with Gasteiger partial charge in [0.05, 0.1) is 45.6 Å². The normalized spacial score (nSPS) is 11.0. The van der Waals surface area contributed by atoms with E-state index in [0.29, 0.717) is 11.5 Å². The molecule has 0 atom stereocenters. The summed E-state index contributed by atoms with van der Waals surface area (Å²) in [6.07, 6.45) is 7.06. The van der Waals surface area contributed by atoms with Gasteiger partial charge in [0, 0.05) is 24.8 Å². The molecular formula is C62H44N6O4. The van der Waals surface area contributed by atoms with E-state index in [1.807, 2.05) is 170 Å². The standard InChI is InChI=1S/C62H44N6O4/c69-49-21-13-43(14-22-49)53-34-48(40-72-52-27-19-42(20-28-52)46-37-61(57-11-3-7-31-65-57)68-62(38-46)58-12-4-8-32-66-58)54(44-15-23-50(70)24-16-44)33-47(53)39-71-51-25-17-41(18-26-51)45-35-59(55-9-1-5-29-63-55)67-60(36-45)56-10-2-6-30-64-56/h1-38,69-70H,39-40H2. The molecule has 0 amide bonds. The van der Waals surface area contributed by atoms with Crippen LogP contribution in [0, 0.1) is 0 Å². The van der Waals surface area contributed by atoms with Crippen LogP contribution in [0.5, 0.6) is 23.0 Å². The summed E-state index contributed by atoms with van der Waals surface area (Å²) < 4.78 is 13.2. The van der Waals surface area contributed by atoms with Gasteiger partial charge in [-0.2, -0.15) is 0 Å². The van der Waals surface area contributed by atoms with Crippen LogP contribution in [0.4, 0.5) is 0 Å². The number of hydrogen-bond acceptors (Lipinski definition) is 10. The Hall–Kier alpha value is -9.80. The van der Waals surface area contributed by atoms with Crippen molar-refractivity contribution in [2.45, 2.75) is 13.2 Å². The van der Waals surface area contributed by atoms with Crippen LogP contribution in [0.3, 0.4) is 0 Å². The van der Waals surface area contributed by atoms with Gasteiger partial charge in [0.15, 0.2) is 0 Å². The van der Waals surface area contributed by atoms with Gasteiger partial charge in [0.2, 0.25) is 0 Å². The second-order valence-electron chi connectivity index (χ2n) is 17.0. The number of pyridine rings is 6. The van der Waals surface area contributed by atoms with Crippen molar-refractivity contribution in [3.8, 4) is 113 Å². The fourth-order valence-electron chi connectivity index (χ4n) is 8.53. The van der Waals surface area contributed by atoms with E-state index in [9.17, 15) is 10.2 Å². The number of benzene rings is 5. The lowest BCUT2D eigenvalue weighted by Gasteiger charge is -2.19. The topological polar surface area (TPSA) is 136 Å². The van der Waals surface area contributed by atoms with Crippen LogP contribution in [0.2, 0.25) is 0 Å². The maximum atomic E-state index is 10.3. The Labute approximate surface area is 416 Å². The van der Waals surface area contributed by atoms with Crippen molar-refractivity contribution in [1.29, 1.82) is 0 Å². The highest BCUT2D eigenvalue weighted by molar-refractivity contribution is 5.79. The van der Waals surface area contributed by atoms with Gasteiger partial charge in [-0.3, -0.25) is 19.9 Å². The molecule has 2 N–H and O–H groups in total. The minimum Gasteiger partial charge on any atom is -0.508 e. The molecule has 0 saturated heterocycles. The van der Waals surface area contributed by atoms with Gasteiger partial charge in [-0.05, 0) is 189 Å². The Bertz CT molecular complexity index is 3250. The fourth-order valence-corrected chi connectivity index (χ4v) is 8.53. The number of rotatable bonds is 14. The van der Waals surface area contributed by atoms with E-state index < -0.39 is 0 Å².